The highest BCUT2D eigenvalue weighted by Crippen LogP contribution is 2.47. The Hall–Kier alpha value is -3.35. The summed E-state index contributed by atoms with van der Waals surface area (Å²) in [5.74, 6) is 0.792. The van der Waals surface area contributed by atoms with Gasteiger partial charge in [0.05, 0.1) is 11.3 Å². The minimum atomic E-state index is -1.86. The second-order valence-electron chi connectivity index (χ2n) is 6.95. The van der Waals surface area contributed by atoms with Gasteiger partial charge in [0, 0.05) is 12.7 Å². The van der Waals surface area contributed by atoms with Crippen LogP contribution in [0.25, 0.3) is 12.2 Å². The Labute approximate surface area is 168 Å². The second-order valence-corrected chi connectivity index (χ2v) is 6.95. The molecule has 1 aromatic heterocycles. The first kappa shape index (κ1) is 19.0. The fourth-order valence-electron chi connectivity index (χ4n) is 3.73. The van der Waals surface area contributed by atoms with Gasteiger partial charge in [0.15, 0.2) is 11.7 Å². The van der Waals surface area contributed by atoms with Gasteiger partial charge in [-0.3, -0.25) is 4.79 Å². The zero-order valence-corrected chi connectivity index (χ0v) is 16.0. The van der Waals surface area contributed by atoms with Crippen molar-refractivity contribution in [2.45, 2.75) is 18.6 Å². The number of methoxy groups -OCH3 is 1. The third-order valence-corrected chi connectivity index (χ3v) is 5.10. The van der Waals surface area contributed by atoms with Crippen LogP contribution in [0.2, 0.25) is 0 Å². The zero-order chi connectivity index (χ0) is 20.6. The van der Waals surface area contributed by atoms with E-state index in [1.54, 1.807) is 48.6 Å². The number of aromatic hydroxyl groups is 1. The number of carbonyl (C=O) groups excluding carboxylic acids is 1. The summed E-state index contributed by atoms with van der Waals surface area (Å²) in [5.41, 5.74) is -0.423. The molecule has 0 aliphatic carbocycles. The Morgan fingerprint density at radius 3 is 2.52 bits per heavy atom. The molecule has 4 rings (SSSR count). The number of nitrogens with one attached hydrogen (secondary N) is 1. The van der Waals surface area contributed by atoms with Crippen molar-refractivity contribution in [3.05, 3.63) is 82.8 Å². The Morgan fingerprint density at radius 1 is 1.10 bits per heavy atom. The summed E-state index contributed by atoms with van der Waals surface area (Å²) in [6.45, 7) is 1.85. The van der Waals surface area contributed by atoms with Crippen molar-refractivity contribution in [1.82, 2.24) is 0 Å². The molecular formula is C23H21NO5. The fraction of sp³-hybridized carbons (Fsp3) is 0.174. The van der Waals surface area contributed by atoms with Crippen LogP contribution >= 0.6 is 0 Å². The van der Waals surface area contributed by atoms with E-state index < -0.39 is 17.6 Å². The first-order chi connectivity index (χ1) is 13.9. The highest BCUT2D eigenvalue weighted by atomic mass is 16.5. The van der Waals surface area contributed by atoms with Crippen LogP contribution in [0.5, 0.6) is 5.75 Å². The molecule has 1 aliphatic heterocycles. The molecular weight excluding hydrogens is 370 g/mol. The third-order valence-electron chi connectivity index (χ3n) is 5.10. The largest absolute Gasteiger partial charge is 0.507 e. The molecule has 1 aliphatic rings. The number of fused-ring (bicyclic) bond motifs is 1. The summed E-state index contributed by atoms with van der Waals surface area (Å²) in [6.07, 6.45) is 2.19. The zero-order valence-electron chi connectivity index (χ0n) is 16.0. The standard InChI is InChI=1S/C23H21NO5/c1-14-8-11-17(29-14)12-9-15-10-13-18-19(20(15)25)23(27,16-6-4-3-5-7-16)21(28-2)22(26)24-18/h3-13,21,25,27H,1-2H3,(H,24,26)/b12-9+. The summed E-state index contributed by atoms with van der Waals surface area (Å²) in [6, 6.07) is 15.7. The van der Waals surface area contributed by atoms with E-state index in [1.807, 2.05) is 25.1 Å². The van der Waals surface area contributed by atoms with E-state index in [-0.39, 0.29) is 11.3 Å². The number of phenols is 1. The van der Waals surface area contributed by atoms with Crippen LogP contribution in [0, 0.1) is 6.92 Å². The van der Waals surface area contributed by atoms with Gasteiger partial charge in [0.1, 0.15) is 17.3 Å². The van der Waals surface area contributed by atoms with Crippen molar-refractivity contribution in [3.8, 4) is 5.75 Å². The van der Waals surface area contributed by atoms with Crippen LogP contribution in [-0.4, -0.2) is 29.3 Å². The molecule has 3 aromatic rings. The summed E-state index contributed by atoms with van der Waals surface area (Å²) in [7, 11) is 1.35. The highest BCUT2D eigenvalue weighted by Gasteiger charge is 2.51. The predicted molar refractivity (Wildman–Crippen MR) is 109 cm³/mol. The number of carbonyl (C=O) groups is 1. The number of benzene rings is 2. The van der Waals surface area contributed by atoms with E-state index in [4.69, 9.17) is 9.15 Å². The lowest BCUT2D eigenvalue weighted by Crippen LogP contribution is -2.52. The average molecular weight is 391 g/mol. The number of aliphatic hydroxyl groups is 1. The van der Waals surface area contributed by atoms with Crippen LogP contribution in [-0.2, 0) is 15.1 Å². The number of amides is 1. The van der Waals surface area contributed by atoms with Crippen molar-refractivity contribution in [1.29, 1.82) is 0 Å². The molecule has 0 saturated heterocycles. The number of ether oxygens (including phenoxy) is 1. The van der Waals surface area contributed by atoms with E-state index in [0.29, 0.717) is 22.6 Å². The number of hydrogen-bond donors (Lipinski definition) is 3. The van der Waals surface area contributed by atoms with Crippen molar-refractivity contribution >= 4 is 23.7 Å². The number of anilines is 1. The van der Waals surface area contributed by atoms with Crippen LogP contribution in [0.3, 0.4) is 0 Å². The average Bonchev–Trinajstić information content (AvgIpc) is 3.13. The molecule has 0 bridgehead atoms. The Morgan fingerprint density at radius 2 is 1.86 bits per heavy atom. The number of furan rings is 1. The van der Waals surface area contributed by atoms with Crippen molar-refractivity contribution in [3.63, 3.8) is 0 Å². The van der Waals surface area contributed by atoms with Gasteiger partial charge in [-0.15, -0.1) is 0 Å². The van der Waals surface area contributed by atoms with Gasteiger partial charge in [-0.2, -0.15) is 0 Å². The summed E-state index contributed by atoms with van der Waals surface area (Å²) >= 11 is 0. The lowest BCUT2D eigenvalue weighted by atomic mass is 9.77. The normalized spacial score (nSPS) is 21.2. The maximum Gasteiger partial charge on any atom is 0.257 e. The maximum absolute atomic E-state index is 12.6. The van der Waals surface area contributed by atoms with Gasteiger partial charge in [-0.05, 0) is 48.9 Å². The molecule has 3 N–H and O–H groups in total. The van der Waals surface area contributed by atoms with Crippen LogP contribution in [0.1, 0.15) is 28.2 Å². The monoisotopic (exact) mass is 391 g/mol. The Balaban J connectivity index is 1.88. The fourth-order valence-corrected chi connectivity index (χ4v) is 3.73. The predicted octanol–water partition coefficient (Wildman–Crippen LogP) is 3.67. The summed E-state index contributed by atoms with van der Waals surface area (Å²) in [4.78, 5) is 12.6. The molecule has 2 heterocycles. The molecule has 6 heteroatoms. The van der Waals surface area contributed by atoms with Crippen LogP contribution < -0.4 is 5.32 Å². The van der Waals surface area contributed by atoms with Gasteiger partial charge in [-0.1, -0.05) is 30.3 Å². The summed E-state index contributed by atoms with van der Waals surface area (Å²) < 4.78 is 10.9. The first-order valence-electron chi connectivity index (χ1n) is 9.17. The Kier molecular flexibility index (Phi) is 4.74. The number of aryl methyl sites for hydroxylation is 1. The quantitative estimate of drug-likeness (QED) is 0.631. The molecule has 2 aromatic carbocycles. The molecule has 0 spiro atoms. The number of hydrogen-bond acceptors (Lipinski definition) is 5. The van der Waals surface area contributed by atoms with Gasteiger partial charge < -0.3 is 24.7 Å². The Bertz CT molecular complexity index is 1090. The maximum atomic E-state index is 12.6. The third kappa shape index (κ3) is 3.12. The van der Waals surface area contributed by atoms with Crippen molar-refractivity contribution in [2.24, 2.45) is 0 Å². The van der Waals surface area contributed by atoms with E-state index in [1.165, 1.54) is 7.11 Å². The number of phenolic OH excluding ortho intramolecular Hbond substituents is 1. The van der Waals surface area contributed by atoms with Gasteiger partial charge >= 0.3 is 0 Å². The lowest BCUT2D eigenvalue weighted by Gasteiger charge is -2.40. The molecule has 1 amide bonds. The molecule has 0 radical (unpaired) electrons. The summed E-state index contributed by atoms with van der Waals surface area (Å²) in [5, 5.41) is 25.5. The van der Waals surface area contributed by atoms with E-state index in [0.717, 1.165) is 5.76 Å². The van der Waals surface area contributed by atoms with Crippen molar-refractivity contribution < 1.29 is 24.2 Å². The molecule has 2 atom stereocenters. The van der Waals surface area contributed by atoms with E-state index >= 15 is 0 Å². The molecule has 148 valence electrons. The smallest absolute Gasteiger partial charge is 0.257 e. The SMILES string of the molecule is COC1C(=O)Nc2ccc(/C=C/c3ccc(C)o3)c(O)c2C1(O)c1ccccc1. The van der Waals surface area contributed by atoms with E-state index in [9.17, 15) is 15.0 Å². The second kappa shape index (κ2) is 7.24. The van der Waals surface area contributed by atoms with Gasteiger partial charge in [-0.25, -0.2) is 0 Å². The minimum Gasteiger partial charge on any atom is -0.507 e. The van der Waals surface area contributed by atoms with E-state index in [2.05, 4.69) is 5.32 Å². The molecule has 29 heavy (non-hydrogen) atoms. The highest BCUT2D eigenvalue weighted by molar-refractivity contribution is 6.00. The first-order valence-corrected chi connectivity index (χ1v) is 9.17. The molecule has 2 unspecified atom stereocenters. The van der Waals surface area contributed by atoms with Crippen LogP contribution in [0.15, 0.2) is 59.0 Å². The lowest BCUT2D eigenvalue weighted by molar-refractivity contribution is -0.142. The molecule has 0 saturated carbocycles. The van der Waals surface area contributed by atoms with Crippen LogP contribution in [0.4, 0.5) is 5.69 Å². The minimum absolute atomic E-state index is 0.143. The van der Waals surface area contributed by atoms with Crippen molar-refractivity contribution in [2.75, 3.05) is 12.4 Å². The van der Waals surface area contributed by atoms with Gasteiger partial charge in [0.2, 0.25) is 0 Å². The van der Waals surface area contributed by atoms with Gasteiger partial charge in [0.25, 0.3) is 5.91 Å². The number of rotatable bonds is 4. The molecule has 0 fully saturated rings. The molecule has 6 nitrogen and oxygen atoms in total. The topological polar surface area (TPSA) is 91.9 Å².